The number of amides is 1. The number of nitrogens with two attached hydrogens (primary N) is 1. The molecule has 1 aromatic carbocycles. The van der Waals surface area contributed by atoms with Gasteiger partial charge in [0.15, 0.2) is 0 Å². The van der Waals surface area contributed by atoms with Crippen molar-refractivity contribution in [2.75, 3.05) is 0 Å². The van der Waals surface area contributed by atoms with Crippen LogP contribution < -0.4 is 10.5 Å². The second-order valence-corrected chi connectivity index (χ2v) is 11.2. The lowest BCUT2D eigenvalue weighted by atomic mass is 9.92. The summed E-state index contributed by atoms with van der Waals surface area (Å²) in [5.74, 6) is -0.884. The van der Waals surface area contributed by atoms with E-state index in [9.17, 15) is 26.4 Å². The van der Waals surface area contributed by atoms with Crippen LogP contribution in [0, 0.1) is 0 Å². The molecule has 0 atom stereocenters. The highest BCUT2D eigenvalue weighted by Gasteiger charge is 2.35. The second-order valence-electron chi connectivity index (χ2n) is 9.52. The van der Waals surface area contributed by atoms with Gasteiger partial charge in [-0.3, -0.25) is 4.79 Å². The number of hydrogen-bond donors (Lipinski definition) is 2. The maximum Gasteiger partial charge on any atom is 0.417 e. The Kier molecular flexibility index (Phi) is 5.76. The molecule has 0 spiro atoms. The van der Waals surface area contributed by atoms with Gasteiger partial charge in [-0.05, 0) is 63.8 Å². The highest BCUT2D eigenvalue weighted by molar-refractivity contribution is 7.89. The monoisotopic (exact) mass is 494 g/mol. The molecule has 1 aliphatic carbocycles. The lowest BCUT2D eigenvalue weighted by Crippen LogP contribution is -2.40. The Morgan fingerprint density at radius 3 is 2.24 bits per heavy atom. The number of nitrogens with zero attached hydrogens (tertiary/aromatic N) is 2. The molecular weight excluding hydrogens is 469 g/mol. The quantitative estimate of drug-likeness (QED) is 0.540. The van der Waals surface area contributed by atoms with Gasteiger partial charge in [0.1, 0.15) is 5.65 Å². The molecule has 4 rings (SSSR count). The number of carbonyl (C=O) groups is 1. The first-order chi connectivity index (χ1) is 15.7. The van der Waals surface area contributed by atoms with Crippen LogP contribution in [0.3, 0.4) is 0 Å². The van der Waals surface area contributed by atoms with E-state index in [1.165, 1.54) is 24.3 Å². The molecule has 3 N–H and O–H groups in total. The molecule has 1 fully saturated rings. The molecule has 0 bridgehead atoms. The molecule has 0 saturated heterocycles. The summed E-state index contributed by atoms with van der Waals surface area (Å²) >= 11 is 0. The lowest BCUT2D eigenvalue weighted by Gasteiger charge is -2.30. The minimum atomic E-state index is -4.63. The van der Waals surface area contributed by atoms with Gasteiger partial charge >= 0.3 is 6.18 Å². The van der Waals surface area contributed by atoms with Crippen molar-refractivity contribution in [3.63, 3.8) is 0 Å². The minimum absolute atomic E-state index is 0.0234. The van der Waals surface area contributed by atoms with Gasteiger partial charge in [0, 0.05) is 23.2 Å². The zero-order valence-corrected chi connectivity index (χ0v) is 19.7. The number of halogens is 3. The summed E-state index contributed by atoms with van der Waals surface area (Å²) < 4.78 is 69.7. The van der Waals surface area contributed by atoms with Crippen LogP contribution in [0.1, 0.15) is 62.0 Å². The van der Waals surface area contributed by atoms with E-state index in [0.29, 0.717) is 11.3 Å². The van der Waals surface area contributed by atoms with E-state index in [2.05, 4.69) is 9.71 Å². The van der Waals surface area contributed by atoms with Crippen LogP contribution in [-0.2, 0) is 16.2 Å². The van der Waals surface area contributed by atoms with Crippen LogP contribution in [0.25, 0.3) is 22.3 Å². The fourth-order valence-corrected chi connectivity index (χ4v) is 5.55. The number of nitrogens with one attached hydrogen (secondary N) is 1. The van der Waals surface area contributed by atoms with Crippen molar-refractivity contribution in [1.82, 2.24) is 14.3 Å². The van der Waals surface area contributed by atoms with E-state index >= 15 is 0 Å². The molecule has 182 valence electrons. The second kappa shape index (κ2) is 8.09. The van der Waals surface area contributed by atoms with Gasteiger partial charge in [0.2, 0.25) is 10.0 Å². The van der Waals surface area contributed by atoms with Crippen molar-refractivity contribution in [1.29, 1.82) is 0 Å². The van der Waals surface area contributed by atoms with E-state index < -0.39 is 33.2 Å². The first-order valence-corrected chi connectivity index (χ1v) is 12.2. The normalized spacial score (nSPS) is 15.5. The minimum Gasteiger partial charge on any atom is -0.366 e. The van der Waals surface area contributed by atoms with Crippen molar-refractivity contribution >= 4 is 27.0 Å². The summed E-state index contributed by atoms with van der Waals surface area (Å²) in [5.41, 5.74) is 4.97. The first kappa shape index (κ1) is 24.2. The maximum atomic E-state index is 13.4. The van der Waals surface area contributed by atoms with Crippen molar-refractivity contribution in [2.45, 2.75) is 62.7 Å². The van der Waals surface area contributed by atoms with Crippen LogP contribution in [0.15, 0.2) is 41.4 Å². The van der Waals surface area contributed by atoms with Gasteiger partial charge < -0.3 is 10.3 Å². The number of rotatable bonds is 5. The third-order valence-electron chi connectivity index (χ3n) is 5.73. The van der Waals surface area contributed by atoms with Crippen molar-refractivity contribution in [2.24, 2.45) is 5.73 Å². The van der Waals surface area contributed by atoms with Gasteiger partial charge in [-0.2, -0.15) is 13.2 Å². The number of alkyl halides is 3. The Labute approximate surface area is 195 Å². The SMILES string of the molecule is CC(C)(C)NS(=O)(=O)c1ccc(-c2c(C(N)=O)c3cc(C(F)(F)F)cnc3n2C2CCC2)cc1. The number of aromatic nitrogens is 2. The molecule has 1 saturated carbocycles. The molecule has 3 aromatic rings. The van der Waals surface area contributed by atoms with Crippen LogP contribution in [0.5, 0.6) is 0 Å². The van der Waals surface area contributed by atoms with Crippen LogP contribution in [0.2, 0.25) is 0 Å². The Bertz CT molecular complexity index is 1370. The maximum absolute atomic E-state index is 13.4. The Balaban J connectivity index is 1.93. The van der Waals surface area contributed by atoms with E-state index in [4.69, 9.17) is 5.73 Å². The molecular formula is C23H25F3N4O3S. The molecule has 7 nitrogen and oxygen atoms in total. The largest absolute Gasteiger partial charge is 0.417 e. The standard InChI is InChI=1S/C23H25F3N4O3S/c1-22(2,3)29-34(32,33)16-9-7-13(8-10-16)19-18(20(27)31)17-11-14(23(24,25)26)12-28-21(17)30(19)15-5-4-6-15/h7-12,15,29H,4-6H2,1-3H3,(H2,27,31). The number of hydrogen-bond acceptors (Lipinski definition) is 4. The van der Waals surface area contributed by atoms with E-state index in [-0.39, 0.29) is 27.5 Å². The average Bonchev–Trinajstić information content (AvgIpc) is 2.99. The number of pyridine rings is 1. The molecule has 1 amide bonds. The number of benzene rings is 1. The highest BCUT2D eigenvalue weighted by atomic mass is 32.2. The van der Waals surface area contributed by atoms with Crippen molar-refractivity contribution in [3.05, 3.63) is 47.7 Å². The van der Waals surface area contributed by atoms with Gasteiger partial charge in [-0.1, -0.05) is 12.1 Å². The fraction of sp³-hybridized carbons (Fsp3) is 0.391. The number of carbonyl (C=O) groups excluding carboxylic acids is 1. The van der Waals surface area contributed by atoms with E-state index in [1.54, 1.807) is 25.3 Å². The molecule has 2 heterocycles. The summed E-state index contributed by atoms with van der Waals surface area (Å²) in [7, 11) is -3.80. The van der Waals surface area contributed by atoms with E-state index in [1.807, 2.05) is 0 Å². The molecule has 0 radical (unpaired) electrons. The average molecular weight is 495 g/mol. The Morgan fingerprint density at radius 1 is 1.15 bits per heavy atom. The summed E-state index contributed by atoms with van der Waals surface area (Å²) in [6, 6.07) is 6.68. The predicted molar refractivity (Wildman–Crippen MR) is 122 cm³/mol. The third-order valence-corrected chi connectivity index (χ3v) is 7.51. The summed E-state index contributed by atoms with van der Waals surface area (Å²) in [6.45, 7) is 5.16. The van der Waals surface area contributed by atoms with Crippen LogP contribution in [0.4, 0.5) is 13.2 Å². The van der Waals surface area contributed by atoms with Crippen LogP contribution in [-0.4, -0.2) is 29.4 Å². The smallest absolute Gasteiger partial charge is 0.366 e. The molecule has 0 aliphatic heterocycles. The zero-order chi connectivity index (χ0) is 25.1. The summed E-state index contributed by atoms with van der Waals surface area (Å²) in [5, 5.41) is 0.0234. The number of sulfonamides is 1. The van der Waals surface area contributed by atoms with Crippen molar-refractivity contribution < 1.29 is 26.4 Å². The summed E-state index contributed by atoms with van der Waals surface area (Å²) in [6.07, 6.45) is -1.39. The molecule has 34 heavy (non-hydrogen) atoms. The number of primary amides is 1. The van der Waals surface area contributed by atoms with Gasteiger partial charge in [0.05, 0.1) is 21.7 Å². The van der Waals surface area contributed by atoms with Crippen molar-refractivity contribution in [3.8, 4) is 11.3 Å². The number of fused-ring (bicyclic) bond motifs is 1. The molecule has 1 aliphatic rings. The predicted octanol–water partition coefficient (Wildman–Crippen LogP) is 4.62. The first-order valence-electron chi connectivity index (χ1n) is 10.7. The van der Waals surface area contributed by atoms with Gasteiger partial charge in [-0.15, -0.1) is 0 Å². The Hall–Kier alpha value is -2.92. The summed E-state index contributed by atoms with van der Waals surface area (Å²) in [4.78, 5) is 16.6. The lowest BCUT2D eigenvalue weighted by molar-refractivity contribution is -0.137. The zero-order valence-electron chi connectivity index (χ0n) is 18.9. The highest BCUT2D eigenvalue weighted by Crippen LogP contribution is 2.43. The molecule has 0 unspecified atom stereocenters. The van der Waals surface area contributed by atoms with E-state index in [0.717, 1.165) is 31.5 Å². The molecule has 2 aromatic heterocycles. The van der Waals surface area contributed by atoms with Gasteiger partial charge in [-0.25, -0.2) is 18.1 Å². The fourth-order valence-electron chi connectivity index (χ4n) is 4.13. The third kappa shape index (κ3) is 4.41. The molecule has 11 heteroatoms. The Morgan fingerprint density at radius 2 is 1.76 bits per heavy atom. The van der Waals surface area contributed by atoms with Gasteiger partial charge in [0.25, 0.3) is 5.91 Å². The van der Waals surface area contributed by atoms with Crippen LogP contribution >= 0.6 is 0 Å². The topological polar surface area (TPSA) is 107 Å².